The van der Waals surface area contributed by atoms with Crippen LogP contribution < -0.4 is 25.0 Å². The molecule has 0 atom stereocenters. The van der Waals surface area contributed by atoms with Crippen molar-refractivity contribution in [1.29, 1.82) is 0 Å². The van der Waals surface area contributed by atoms with Crippen LogP contribution in [0, 0.1) is 0 Å². The molecule has 0 saturated heterocycles. The second-order valence-electron chi connectivity index (χ2n) is 8.22. The van der Waals surface area contributed by atoms with Gasteiger partial charge in [-0.3, -0.25) is 9.59 Å². The van der Waals surface area contributed by atoms with E-state index in [2.05, 4.69) is 10.6 Å². The number of hydrogen-bond donors (Lipinski definition) is 2. The van der Waals surface area contributed by atoms with Crippen LogP contribution in [0.4, 0.5) is 17.1 Å². The molecule has 0 aliphatic rings. The second kappa shape index (κ2) is 12.8. The summed E-state index contributed by atoms with van der Waals surface area (Å²) in [6.45, 7) is 0.944. The molecule has 0 spiro atoms. The monoisotopic (exact) mass is 495 g/mol. The maximum Gasteiger partial charge on any atom is 0.258 e. The summed E-state index contributed by atoms with van der Waals surface area (Å²) in [6.07, 6.45) is 0. The average Bonchev–Trinajstić information content (AvgIpc) is 2.95. The second-order valence-corrected chi connectivity index (χ2v) is 8.22. The van der Waals surface area contributed by atoms with Gasteiger partial charge in [0, 0.05) is 29.7 Å². The topological polar surface area (TPSA) is 79.9 Å². The molecule has 0 bridgehead atoms. The number of benzene rings is 4. The molecule has 0 fully saturated rings. The molecule has 4 aromatic carbocycles. The zero-order valence-electron chi connectivity index (χ0n) is 20.6. The molecule has 0 aromatic heterocycles. The third-order valence-corrected chi connectivity index (χ3v) is 5.51. The highest BCUT2D eigenvalue weighted by Gasteiger charge is 2.14. The Bertz CT molecular complexity index is 1300. The normalized spacial score (nSPS) is 10.3. The van der Waals surface area contributed by atoms with E-state index >= 15 is 0 Å². The maximum atomic E-state index is 12.9. The third kappa shape index (κ3) is 7.60. The molecule has 2 amide bonds. The average molecular weight is 496 g/mol. The summed E-state index contributed by atoms with van der Waals surface area (Å²) in [6, 6.07) is 33.3. The van der Waals surface area contributed by atoms with E-state index in [-0.39, 0.29) is 18.4 Å². The predicted molar refractivity (Wildman–Crippen MR) is 147 cm³/mol. The summed E-state index contributed by atoms with van der Waals surface area (Å²) in [5.41, 5.74) is 2.63. The molecule has 2 N–H and O–H groups in total. The number of nitrogens with one attached hydrogen (secondary N) is 2. The van der Waals surface area contributed by atoms with Crippen molar-refractivity contribution in [1.82, 2.24) is 0 Å². The first-order valence-corrected chi connectivity index (χ1v) is 12.0. The molecule has 0 heterocycles. The Morgan fingerprint density at radius 1 is 0.703 bits per heavy atom. The van der Waals surface area contributed by atoms with Crippen LogP contribution in [0.15, 0.2) is 109 Å². The van der Waals surface area contributed by atoms with Crippen molar-refractivity contribution in [2.24, 2.45) is 0 Å². The first kappa shape index (κ1) is 25.3. The highest BCUT2D eigenvalue weighted by Crippen LogP contribution is 2.18. The molecular formula is C30H29N3O4. The van der Waals surface area contributed by atoms with Crippen LogP contribution in [0.3, 0.4) is 0 Å². The van der Waals surface area contributed by atoms with Crippen molar-refractivity contribution in [3.05, 3.63) is 115 Å². The summed E-state index contributed by atoms with van der Waals surface area (Å²) in [5, 5.41) is 5.92. The standard InChI is InChI=1S/C30H29N3O4/c1-33(26-11-4-2-5-12-26)30(35)23-9-8-10-25(21-23)32-29(34)22-31-24-15-17-28(18-16-24)37-20-19-36-27-13-6-3-7-14-27/h2-18,21,31H,19-20,22H2,1H3,(H,32,34). The van der Waals surface area contributed by atoms with Crippen molar-refractivity contribution < 1.29 is 19.1 Å². The Hall–Kier alpha value is -4.78. The Balaban J connectivity index is 1.22. The lowest BCUT2D eigenvalue weighted by Gasteiger charge is -2.17. The maximum absolute atomic E-state index is 12.9. The fraction of sp³-hybridized carbons (Fsp3) is 0.133. The molecule has 4 rings (SSSR count). The van der Waals surface area contributed by atoms with Crippen molar-refractivity contribution in [2.45, 2.75) is 0 Å². The van der Waals surface area contributed by atoms with E-state index in [1.54, 1.807) is 36.2 Å². The Kier molecular flexibility index (Phi) is 8.75. The smallest absolute Gasteiger partial charge is 0.258 e. The van der Waals surface area contributed by atoms with Crippen LogP contribution in [0.5, 0.6) is 11.5 Å². The summed E-state index contributed by atoms with van der Waals surface area (Å²) in [5.74, 6) is 1.14. The van der Waals surface area contributed by atoms with E-state index in [1.165, 1.54) is 0 Å². The van der Waals surface area contributed by atoms with Gasteiger partial charge in [0.25, 0.3) is 5.91 Å². The largest absolute Gasteiger partial charge is 0.490 e. The van der Waals surface area contributed by atoms with Gasteiger partial charge in [0.15, 0.2) is 0 Å². The zero-order valence-corrected chi connectivity index (χ0v) is 20.6. The molecule has 0 aliphatic heterocycles. The summed E-state index contributed by atoms with van der Waals surface area (Å²) in [4.78, 5) is 26.9. The van der Waals surface area contributed by atoms with Gasteiger partial charge in [-0.2, -0.15) is 0 Å². The molecule has 4 aromatic rings. The number of carbonyl (C=O) groups is 2. The van der Waals surface area contributed by atoms with Gasteiger partial charge in [0.2, 0.25) is 5.91 Å². The lowest BCUT2D eigenvalue weighted by atomic mass is 10.1. The van der Waals surface area contributed by atoms with Crippen LogP contribution in [0.2, 0.25) is 0 Å². The molecule has 0 radical (unpaired) electrons. The van der Waals surface area contributed by atoms with Crippen molar-refractivity contribution in [3.8, 4) is 11.5 Å². The molecule has 188 valence electrons. The van der Waals surface area contributed by atoms with Crippen LogP contribution in [0.1, 0.15) is 10.4 Å². The number of para-hydroxylation sites is 2. The third-order valence-electron chi connectivity index (χ3n) is 5.51. The fourth-order valence-corrected chi connectivity index (χ4v) is 3.58. The lowest BCUT2D eigenvalue weighted by Crippen LogP contribution is -2.26. The van der Waals surface area contributed by atoms with Gasteiger partial charge >= 0.3 is 0 Å². The van der Waals surface area contributed by atoms with Crippen molar-refractivity contribution in [2.75, 3.05) is 42.3 Å². The highest BCUT2D eigenvalue weighted by atomic mass is 16.5. The molecule has 7 heteroatoms. The van der Waals surface area contributed by atoms with E-state index in [1.807, 2.05) is 84.9 Å². The summed E-state index contributed by atoms with van der Waals surface area (Å²) < 4.78 is 11.3. The summed E-state index contributed by atoms with van der Waals surface area (Å²) in [7, 11) is 1.72. The van der Waals surface area contributed by atoms with Crippen LogP contribution in [-0.2, 0) is 4.79 Å². The number of hydrogen-bond acceptors (Lipinski definition) is 5. The van der Waals surface area contributed by atoms with E-state index in [4.69, 9.17) is 9.47 Å². The Morgan fingerprint density at radius 2 is 1.32 bits per heavy atom. The number of ether oxygens (including phenoxy) is 2. The van der Waals surface area contributed by atoms with Gasteiger partial charge in [-0.15, -0.1) is 0 Å². The number of amides is 2. The predicted octanol–water partition coefficient (Wildman–Crippen LogP) is 5.47. The number of nitrogens with zero attached hydrogens (tertiary/aromatic N) is 1. The molecular weight excluding hydrogens is 466 g/mol. The lowest BCUT2D eigenvalue weighted by molar-refractivity contribution is -0.114. The minimum absolute atomic E-state index is 0.0766. The molecule has 7 nitrogen and oxygen atoms in total. The minimum Gasteiger partial charge on any atom is -0.490 e. The Morgan fingerprint density at radius 3 is 2.00 bits per heavy atom. The van der Waals surface area contributed by atoms with E-state index in [9.17, 15) is 9.59 Å². The van der Waals surface area contributed by atoms with Crippen LogP contribution >= 0.6 is 0 Å². The van der Waals surface area contributed by atoms with Gasteiger partial charge in [0.05, 0.1) is 6.54 Å². The number of carbonyl (C=O) groups excluding carboxylic acids is 2. The van der Waals surface area contributed by atoms with E-state index in [0.717, 1.165) is 17.1 Å². The van der Waals surface area contributed by atoms with E-state index in [0.29, 0.717) is 30.2 Å². The quantitative estimate of drug-likeness (QED) is 0.270. The SMILES string of the molecule is CN(C(=O)c1cccc(NC(=O)CNc2ccc(OCCOc3ccccc3)cc2)c1)c1ccccc1. The highest BCUT2D eigenvalue weighted by molar-refractivity contribution is 6.06. The van der Waals surface area contributed by atoms with Gasteiger partial charge in [-0.1, -0.05) is 42.5 Å². The van der Waals surface area contributed by atoms with E-state index < -0.39 is 0 Å². The van der Waals surface area contributed by atoms with Crippen molar-refractivity contribution in [3.63, 3.8) is 0 Å². The van der Waals surface area contributed by atoms with Crippen LogP contribution in [0.25, 0.3) is 0 Å². The first-order valence-electron chi connectivity index (χ1n) is 12.0. The summed E-state index contributed by atoms with van der Waals surface area (Å²) >= 11 is 0. The molecule has 0 unspecified atom stereocenters. The minimum atomic E-state index is -0.223. The van der Waals surface area contributed by atoms with Gasteiger partial charge in [0.1, 0.15) is 24.7 Å². The number of anilines is 3. The number of rotatable bonds is 11. The molecule has 37 heavy (non-hydrogen) atoms. The van der Waals surface area contributed by atoms with Gasteiger partial charge < -0.3 is 25.0 Å². The van der Waals surface area contributed by atoms with Gasteiger partial charge in [-0.05, 0) is 66.7 Å². The van der Waals surface area contributed by atoms with Crippen molar-refractivity contribution >= 4 is 28.9 Å². The first-order chi connectivity index (χ1) is 18.1. The van der Waals surface area contributed by atoms with Gasteiger partial charge in [-0.25, -0.2) is 0 Å². The Labute approximate surface area is 216 Å². The zero-order chi connectivity index (χ0) is 25.9. The fourth-order valence-electron chi connectivity index (χ4n) is 3.58. The molecule has 0 aliphatic carbocycles. The molecule has 0 saturated carbocycles. The van der Waals surface area contributed by atoms with Crippen LogP contribution in [-0.4, -0.2) is 38.6 Å².